The molecule has 1 aliphatic rings. The minimum absolute atomic E-state index is 0.167. The fraction of sp³-hybridized carbons (Fsp3) is 0.467. The number of aliphatic hydroxyl groups excluding tert-OH is 1. The number of halogens is 1. The molecule has 1 saturated carbocycles. The summed E-state index contributed by atoms with van der Waals surface area (Å²) < 4.78 is 5.37. The van der Waals surface area contributed by atoms with Crippen LogP contribution in [0.15, 0.2) is 33.7 Å². The first-order valence-electron chi connectivity index (χ1n) is 7.10. The van der Waals surface area contributed by atoms with Gasteiger partial charge < -0.3 is 9.63 Å². The highest BCUT2D eigenvalue weighted by Gasteiger charge is 2.25. The molecule has 1 fully saturated rings. The minimum Gasteiger partial charge on any atom is -0.393 e. The van der Waals surface area contributed by atoms with Crippen molar-refractivity contribution < 1.29 is 9.63 Å². The zero-order valence-corrected chi connectivity index (χ0v) is 13.1. The Bertz CT molecular complexity index is 597. The van der Waals surface area contributed by atoms with Crippen LogP contribution in [0.1, 0.15) is 43.3 Å². The second kappa shape index (κ2) is 6.81. The Labute approximate surface area is 132 Å². The van der Waals surface area contributed by atoms with E-state index in [1.165, 1.54) is 0 Å². The third-order valence-corrected chi connectivity index (χ3v) is 5.23. The van der Waals surface area contributed by atoms with Crippen molar-refractivity contribution >= 4 is 23.4 Å². The topological polar surface area (TPSA) is 59.2 Å². The van der Waals surface area contributed by atoms with E-state index in [-0.39, 0.29) is 6.10 Å². The van der Waals surface area contributed by atoms with E-state index < -0.39 is 0 Å². The zero-order chi connectivity index (χ0) is 14.7. The molecule has 6 heteroatoms. The summed E-state index contributed by atoms with van der Waals surface area (Å²) in [6, 6.07) is 7.73. The number of benzene rings is 1. The predicted octanol–water partition coefficient (Wildman–Crippen LogP) is 4.03. The van der Waals surface area contributed by atoms with Crippen molar-refractivity contribution in [3.05, 3.63) is 41.0 Å². The van der Waals surface area contributed by atoms with E-state index >= 15 is 0 Å². The van der Waals surface area contributed by atoms with Gasteiger partial charge in [-0.2, -0.15) is 4.98 Å². The molecule has 1 heterocycles. The monoisotopic (exact) mass is 324 g/mol. The van der Waals surface area contributed by atoms with Gasteiger partial charge in [-0.05, 0) is 37.8 Å². The molecule has 112 valence electrons. The Kier molecular flexibility index (Phi) is 4.83. The maximum atomic E-state index is 9.53. The summed E-state index contributed by atoms with van der Waals surface area (Å²) in [4.78, 5) is 5.50. The predicted molar refractivity (Wildman–Crippen MR) is 82.5 cm³/mol. The van der Waals surface area contributed by atoms with Crippen LogP contribution >= 0.6 is 23.4 Å². The quantitative estimate of drug-likeness (QED) is 0.860. The van der Waals surface area contributed by atoms with Crippen LogP contribution < -0.4 is 0 Å². The smallest absolute Gasteiger partial charge is 0.229 e. The molecule has 1 aromatic heterocycles. The lowest BCUT2D eigenvalue weighted by atomic mass is 9.87. The minimum atomic E-state index is -0.167. The van der Waals surface area contributed by atoms with Crippen LogP contribution in [0.5, 0.6) is 0 Å². The summed E-state index contributed by atoms with van der Waals surface area (Å²) in [5.74, 6) is 2.33. The third kappa shape index (κ3) is 3.78. The number of rotatable bonds is 4. The van der Waals surface area contributed by atoms with E-state index in [1.807, 2.05) is 24.3 Å². The summed E-state index contributed by atoms with van der Waals surface area (Å²) >= 11 is 7.73. The Balaban J connectivity index is 1.59. The summed E-state index contributed by atoms with van der Waals surface area (Å²) in [6.07, 6.45) is 3.30. The van der Waals surface area contributed by atoms with E-state index in [0.717, 1.165) is 35.6 Å². The van der Waals surface area contributed by atoms with Gasteiger partial charge in [0.05, 0.1) is 16.9 Å². The van der Waals surface area contributed by atoms with E-state index in [2.05, 4.69) is 10.1 Å². The van der Waals surface area contributed by atoms with Crippen molar-refractivity contribution in [2.75, 3.05) is 0 Å². The summed E-state index contributed by atoms with van der Waals surface area (Å²) in [5.41, 5.74) is 0. The Morgan fingerprint density at radius 2 is 2.00 bits per heavy atom. The summed E-state index contributed by atoms with van der Waals surface area (Å²) in [6.45, 7) is 0. The Morgan fingerprint density at radius 1 is 1.24 bits per heavy atom. The van der Waals surface area contributed by atoms with E-state index in [4.69, 9.17) is 16.1 Å². The molecule has 3 rings (SSSR count). The van der Waals surface area contributed by atoms with Gasteiger partial charge in [-0.15, -0.1) is 11.8 Å². The molecule has 0 aliphatic heterocycles. The maximum absolute atomic E-state index is 9.53. The van der Waals surface area contributed by atoms with Gasteiger partial charge in [0, 0.05) is 10.8 Å². The van der Waals surface area contributed by atoms with Crippen LogP contribution in [-0.2, 0) is 5.75 Å². The number of aromatic nitrogens is 2. The van der Waals surface area contributed by atoms with Gasteiger partial charge in [0.15, 0.2) is 5.82 Å². The van der Waals surface area contributed by atoms with Crippen LogP contribution in [0.2, 0.25) is 5.02 Å². The van der Waals surface area contributed by atoms with Crippen molar-refractivity contribution in [2.45, 2.75) is 48.4 Å². The summed E-state index contributed by atoms with van der Waals surface area (Å²) in [7, 11) is 0. The molecule has 2 aromatic rings. The second-order valence-electron chi connectivity index (χ2n) is 5.27. The normalized spacial score (nSPS) is 22.4. The molecule has 21 heavy (non-hydrogen) atoms. The van der Waals surface area contributed by atoms with Crippen molar-refractivity contribution in [3.8, 4) is 0 Å². The lowest BCUT2D eigenvalue weighted by Crippen LogP contribution is -2.17. The van der Waals surface area contributed by atoms with Crippen molar-refractivity contribution in [2.24, 2.45) is 0 Å². The molecule has 0 bridgehead atoms. The molecular weight excluding hydrogens is 308 g/mol. The first-order chi connectivity index (χ1) is 10.2. The van der Waals surface area contributed by atoms with E-state index in [9.17, 15) is 5.11 Å². The Morgan fingerprint density at radius 3 is 2.76 bits per heavy atom. The van der Waals surface area contributed by atoms with E-state index in [1.54, 1.807) is 11.8 Å². The fourth-order valence-electron chi connectivity index (χ4n) is 2.52. The standard InChI is InChI=1S/C15H17ClN2O2S/c16-12-3-1-2-4-13(12)21-9-14-17-15(20-18-14)10-5-7-11(19)8-6-10/h1-4,10-11,19H,5-9H2. The molecule has 0 radical (unpaired) electrons. The first kappa shape index (κ1) is 14.9. The molecular formula is C15H17ClN2O2S. The van der Waals surface area contributed by atoms with Crippen LogP contribution in [0.3, 0.4) is 0 Å². The molecule has 1 aromatic carbocycles. The number of hydrogen-bond donors (Lipinski definition) is 1. The SMILES string of the molecule is OC1CCC(c2nc(CSc3ccccc3Cl)no2)CC1. The average Bonchev–Trinajstić information content (AvgIpc) is 2.96. The highest BCUT2D eigenvalue weighted by atomic mass is 35.5. The van der Waals surface area contributed by atoms with Crippen molar-refractivity contribution in [1.82, 2.24) is 10.1 Å². The van der Waals surface area contributed by atoms with Gasteiger partial charge in [0.25, 0.3) is 0 Å². The number of nitrogens with zero attached hydrogens (tertiary/aromatic N) is 2. The zero-order valence-electron chi connectivity index (χ0n) is 11.5. The third-order valence-electron chi connectivity index (χ3n) is 3.72. The van der Waals surface area contributed by atoms with Gasteiger partial charge in [-0.3, -0.25) is 0 Å². The van der Waals surface area contributed by atoms with Gasteiger partial charge in [-0.25, -0.2) is 0 Å². The van der Waals surface area contributed by atoms with Crippen molar-refractivity contribution in [3.63, 3.8) is 0 Å². The number of thioether (sulfide) groups is 1. The molecule has 0 spiro atoms. The highest BCUT2D eigenvalue weighted by Crippen LogP contribution is 2.33. The molecule has 0 unspecified atom stereocenters. The van der Waals surface area contributed by atoms with Crippen LogP contribution in [0.4, 0.5) is 0 Å². The molecule has 0 atom stereocenters. The molecule has 1 N–H and O–H groups in total. The lowest BCUT2D eigenvalue weighted by Gasteiger charge is -2.22. The average molecular weight is 325 g/mol. The number of hydrogen-bond acceptors (Lipinski definition) is 5. The van der Waals surface area contributed by atoms with Crippen LogP contribution in [0, 0.1) is 0 Å². The molecule has 1 aliphatic carbocycles. The summed E-state index contributed by atoms with van der Waals surface area (Å²) in [5, 5.41) is 14.3. The van der Waals surface area contributed by atoms with Gasteiger partial charge in [-0.1, -0.05) is 28.9 Å². The van der Waals surface area contributed by atoms with Crippen LogP contribution in [-0.4, -0.2) is 21.4 Å². The second-order valence-corrected chi connectivity index (χ2v) is 6.70. The fourth-order valence-corrected chi connectivity index (χ4v) is 3.60. The first-order valence-corrected chi connectivity index (χ1v) is 8.46. The maximum Gasteiger partial charge on any atom is 0.229 e. The van der Waals surface area contributed by atoms with Gasteiger partial charge in [0.2, 0.25) is 5.89 Å². The van der Waals surface area contributed by atoms with Gasteiger partial charge >= 0.3 is 0 Å². The largest absolute Gasteiger partial charge is 0.393 e. The molecule has 0 amide bonds. The molecule has 0 saturated heterocycles. The Hall–Kier alpha value is -1.04. The number of aliphatic hydroxyl groups is 1. The van der Waals surface area contributed by atoms with E-state index in [0.29, 0.717) is 23.4 Å². The van der Waals surface area contributed by atoms with Gasteiger partial charge in [0.1, 0.15) is 0 Å². The highest BCUT2D eigenvalue weighted by molar-refractivity contribution is 7.98. The van der Waals surface area contributed by atoms with Crippen molar-refractivity contribution in [1.29, 1.82) is 0 Å². The van der Waals surface area contributed by atoms with Crippen LogP contribution in [0.25, 0.3) is 0 Å². The lowest BCUT2D eigenvalue weighted by molar-refractivity contribution is 0.116. The molecule has 4 nitrogen and oxygen atoms in total.